The molecule has 1 amide bonds. The van der Waals surface area contributed by atoms with Gasteiger partial charge in [0.25, 0.3) is 11.5 Å². The highest BCUT2D eigenvalue weighted by Gasteiger charge is 2.34. The van der Waals surface area contributed by atoms with Gasteiger partial charge in [-0.2, -0.15) is 5.26 Å². The summed E-state index contributed by atoms with van der Waals surface area (Å²) in [7, 11) is 1.66. The first kappa shape index (κ1) is 33.9. The van der Waals surface area contributed by atoms with Crippen LogP contribution in [0.3, 0.4) is 0 Å². The predicted molar refractivity (Wildman–Crippen MR) is 174 cm³/mol. The summed E-state index contributed by atoms with van der Waals surface area (Å²) in [5.74, 6) is 0.162. The van der Waals surface area contributed by atoms with E-state index in [-0.39, 0.29) is 28.9 Å². The van der Waals surface area contributed by atoms with Crippen molar-refractivity contribution >= 4 is 52.1 Å². The molecule has 1 aromatic rings. The molecule has 0 saturated carbocycles. The zero-order valence-corrected chi connectivity index (χ0v) is 27.3. The number of piperidine rings is 1. The highest BCUT2D eigenvalue weighted by Crippen LogP contribution is 2.36. The van der Waals surface area contributed by atoms with Crippen molar-refractivity contribution in [3.63, 3.8) is 0 Å². The summed E-state index contributed by atoms with van der Waals surface area (Å²) in [4.78, 5) is 43.1. The van der Waals surface area contributed by atoms with Crippen molar-refractivity contribution in [1.82, 2.24) is 9.47 Å². The van der Waals surface area contributed by atoms with Crippen molar-refractivity contribution in [3.8, 4) is 6.07 Å². The largest absolute Gasteiger partial charge is 0.466 e. The second kappa shape index (κ2) is 16.9. The van der Waals surface area contributed by atoms with Crippen molar-refractivity contribution in [3.05, 3.63) is 31.9 Å². The Labute approximate surface area is 260 Å². The number of hydrogen-bond donors (Lipinski definition) is 0. The van der Waals surface area contributed by atoms with E-state index in [4.69, 9.17) is 17.0 Å². The van der Waals surface area contributed by atoms with Crippen molar-refractivity contribution in [2.75, 3.05) is 31.1 Å². The Bertz CT molecular complexity index is 1260. The summed E-state index contributed by atoms with van der Waals surface area (Å²) in [5, 5.41) is 9.77. The van der Waals surface area contributed by atoms with E-state index in [1.807, 2.05) is 0 Å². The van der Waals surface area contributed by atoms with Gasteiger partial charge in [0.15, 0.2) is 0 Å². The van der Waals surface area contributed by atoms with Crippen LogP contribution in [0.4, 0.5) is 5.82 Å². The van der Waals surface area contributed by atoms with E-state index in [0.717, 1.165) is 12.8 Å². The lowest BCUT2D eigenvalue weighted by Gasteiger charge is -2.35. The Morgan fingerprint density at radius 2 is 1.64 bits per heavy atom. The number of carbonyl (C=O) groups is 2. The van der Waals surface area contributed by atoms with E-state index in [0.29, 0.717) is 65.3 Å². The van der Waals surface area contributed by atoms with E-state index >= 15 is 0 Å². The van der Waals surface area contributed by atoms with Gasteiger partial charge in [-0.05, 0) is 44.7 Å². The number of ether oxygens (including phenoxy) is 1. The molecule has 42 heavy (non-hydrogen) atoms. The minimum atomic E-state index is -0.372. The molecule has 0 aromatic carbocycles. The van der Waals surface area contributed by atoms with Gasteiger partial charge in [0, 0.05) is 32.2 Å². The molecule has 0 atom stereocenters. The molecule has 0 radical (unpaired) electrons. The molecule has 0 N–H and O–H groups in total. The summed E-state index contributed by atoms with van der Waals surface area (Å²) in [5.41, 5.74) is 0.906. The molecular formula is C32H46N4O4S2. The normalized spacial score (nSPS) is 16.9. The van der Waals surface area contributed by atoms with Crippen LogP contribution in [0.5, 0.6) is 0 Å². The third-order valence-electron chi connectivity index (χ3n) is 8.27. The quantitative estimate of drug-likeness (QED) is 0.0961. The van der Waals surface area contributed by atoms with Crippen LogP contribution in [0.25, 0.3) is 6.08 Å². The zero-order valence-electron chi connectivity index (χ0n) is 25.7. The van der Waals surface area contributed by atoms with Gasteiger partial charge >= 0.3 is 5.97 Å². The lowest BCUT2D eigenvalue weighted by atomic mass is 9.95. The fourth-order valence-electron chi connectivity index (χ4n) is 5.76. The number of thiocarbonyl (C=S) groups is 1. The van der Waals surface area contributed by atoms with Crippen LogP contribution in [-0.4, -0.2) is 51.9 Å². The van der Waals surface area contributed by atoms with Crippen LogP contribution in [0.1, 0.15) is 108 Å². The second-order valence-corrected chi connectivity index (χ2v) is 12.9. The van der Waals surface area contributed by atoms with E-state index in [2.05, 4.69) is 17.9 Å². The number of hydrogen-bond acceptors (Lipinski definition) is 8. The van der Waals surface area contributed by atoms with E-state index in [1.54, 1.807) is 31.9 Å². The van der Waals surface area contributed by atoms with E-state index in [1.165, 1.54) is 67.7 Å². The molecular weight excluding hydrogens is 569 g/mol. The fraction of sp³-hybridized carbons (Fsp3) is 0.656. The van der Waals surface area contributed by atoms with Crippen LogP contribution in [0, 0.1) is 24.2 Å². The highest BCUT2D eigenvalue weighted by molar-refractivity contribution is 8.26. The summed E-state index contributed by atoms with van der Waals surface area (Å²) in [6, 6.07) is 2.06. The van der Waals surface area contributed by atoms with Crippen molar-refractivity contribution in [2.24, 2.45) is 13.0 Å². The number of amides is 1. The molecule has 2 saturated heterocycles. The standard InChI is InChI=1S/C32H46N4O4S2/c1-5-7-8-9-10-11-12-13-14-15-18-36-30(38)27(42-32(36)41)21-25-23(3)26(22-33)29(37)34(4)28(25)35-19-16-24(17-20-35)31(39)40-6-2/h21,24H,5-20H2,1-4H3/b27-21-. The molecule has 0 aliphatic carbocycles. The molecule has 1 aromatic heterocycles. The van der Waals surface area contributed by atoms with Gasteiger partial charge in [-0.3, -0.25) is 23.9 Å². The van der Waals surface area contributed by atoms with Crippen LogP contribution in [0.2, 0.25) is 0 Å². The van der Waals surface area contributed by atoms with Gasteiger partial charge in [0.05, 0.1) is 17.4 Å². The smallest absolute Gasteiger partial charge is 0.309 e. The fourth-order valence-corrected chi connectivity index (χ4v) is 7.05. The Balaban J connectivity index is 1.71. The Hall–Kier alpha value is -2.64. The average molecular weight is 615 g/mol. The molecule has 10 heteroatoms. The molecule has 3 rings (SSSR count). The minimum absolute atomic E-state index is 0.0646. The van der Waals surface area contributed by atoms with Crippen LogP contribution < -0.4 is 10.5 Å². The Kier molecular flexibility index (Phi) is 13.6. The molecule has 0 bridgehead atoms. The zero-order chi connectivity index (χ0) is 30.6. The summed E-state index contributed by atoms with van der Waals surface area (Å²) in [6.07, 6.45) is 15.2. The third-order valence-corrected chi connectivity index (χ3v) is 9.64. The molecule has 3 heterocycles. The Morgan fingerprint density at radius 1 is 1.05 bits per heavy atom. The number of nitrogens with zero attached hydrogens (tertiary/aromatic N) is 4. The molecule has 2 aliphatic rings. The molecule has 0 spiro atoms. The van der Waals surface area contributed by atoms with E-state index in [9.17, 15) is 19.6 Å². The monoisotopic (exact) mass is 614 g/mol. The minimum Gasteiger partial charge on any atom is -0.466 e. The molecule has 2 fully saturated rings. The number of unbranched alkanes of at least 4 members (excludes halogenated alkanes) is 9. The second-order valence-electron chi connectivity index (χ2n) is 11.2. The molecule has 0 unspecified atom stereocenters. The van der Waals surface area contributed by atoms with Crippen LogP contribution in [0.15, 0.2) is 9.70 Å². The van der Waals surface area contributed by atoms with Crippen molar-refractivity contribution < 1.29 is 14.3 Å². The lowest BCUT2D eigenvalue weighted by molar-refractivity contribution is -0.148. The van der Waals surface area contributed by atoms with Gasteiger partial charge in [-0.15, -0.1) is 0 Å². The third kappa shape index (κ3) is 8.47. The lowest BCUT2D eigenvalue weighted by Crippen LogP contribution is -2.40. The van der Waals surface area contributed by atoms with Gasteiger partial charge in [-0.25, -0.2) is 0 Å². The number of anilines is 1. The number of nitriles is 1. The topological polar surface area (TPSA) is 95.6 Å². The maximum atomic E-state index is 13.4. The van der Waals surface area contributed by atoms with Gasteiger partial charge in [0.2, 0.25) is 0 Å². The van der Waals surface area contributed by atoms with Crippen molar-refractivity contribution in [2.45, 2.75) is 97.8 Å². The average Bonchev–Trinajstić information content (AvgIpc) is 3.24. The van der Waals surface area contributed by atoms with Crippen LogP contribution in [-0.2, 0) is 21.4 Å². The number of esters is 1. The Morgan fingerprint density at radius 3 is 2.21 bits per heavy atom. The van der Waals surface area contributed by atoms with Gasteiger partial charge in [-0.1, -0.05) is 88.7 Å². The highest BCUT2D eigenvalue weighted by atomic mass is 32.2. The van der Waals surface area contributed by atoms with Crippen molar-refractivity contribution in [1.29, 1.82) is 5.26 Å². The first-order chi connectivity index (χ1) is 20.2. The first-order valence-corrected chi connectivity index (χ1v) is 16.8. The molecule has 8 nitrogen and oxygen atoms in total. The number of rotatable bonds is 15. The number of aromatic nitrogens is 1. The first-order valence-electron chi connectivity index (χ1n) is 15.6. The summed E-state index contributed by atoms with van der Waals surface area (Å²) < 4.78 is 7.25. The van der Waals surface area contributed by atoms with Crippen LogP contribution >= 0.6 is 24.0 Å². The van der Waals surface area contributed by atoms with Gasteiger partial charge < -0.3 is 9.64 Å². The maximum absolute atomic E-state index is 13.4. The number of thioether (sulfide) groups is 1. The number of carbonyl (C=O) groups excluding carboxylic acids is 2. The number of pyridine rings is 1. The predicted octanol–water partition coefficient (Wildman–Crippen LogP) is 6.47. The summed E-state index contributed by atoms with van der Waals surface area (Å²) in [6.45, 7) is 7.86. The molecule has 2 aliphatic heterocycles. The van der Waals surface area contributed by atoms with Gasteiger partial charge in [0.1, 0.15) is 21.8 Å². The molecule has 230 valence electrons. The van der Waals surface area contributed by atoms with E-state index < -0.39 is 0 Å². The summed E-state index contributed by atoms with van der Waals surface area (Å²) >= 11 is 6.87. The maximum Gasteiger partial charge on any atom is 0.309 e. The SMILES string of the molecule is CCCCCCCCCCCCN1C(=O)/C(=C/c2c(C)c(C#N)c(=O)n(C)c2N2CCC(C(=O)OCC)CC2)SC1=S.